The van der Waals surface area contributed by atoms with Crippen molar-refractivity contribution in [3.63, 3.8) is 0 Å². The second kappa shape index (κ2) is 8.96. The van der Waals surface area contributed by atoms with E-state index in [1.807, 2.05) is 31.2 Å². The Morgan fingerprint density at radius 3 is 2.73 bits per heavy atom. The molecule has 1 aromatic heterocycles. The first-order valence-electron chi connectivity index (χ1n) is 10.2. The Hall–Kier alpha value is -2.73. The molecule has 0 amide bonds. The highest BCUT2D eigenvalue weighted by Gasteiger charge is 2.26. The summed E-state index contributed by atoms with van der Waals surface area (Å²) in [5, 5.41) is 11.8. The summed E-state index contributed by atoms with van der Waals surface area (Å²) in [6.07, 6.45) is 3.15. The molecule has 1 saturated carbocycles. The zero-order valence-electron chi connectivity index (χ0n) is 16.8. The van der Waals surface area contributed by atoms with E-state index in [0.29, 0.717) is 18.1 Å². The number of aromatic nitrogens is 1. The van der Waals surface area contributed by atoms with Crippen molar-refractivity contribution in [2.75, 3.05) is 0 Å². The van der Waals surface area contributed by atoms with E-state index in [0.717, 1.165) is 27.4 Å². The van der Waals surface area contributed by atoms with Crippen molar-refractivity contribution in [2.24, 2.45) is 0 Å². The molecule has 0 aliphatic heterocycles. The van der Waals surface area contributed by atoms with Crippen LogP contribution < -0.4 is 4.74 Å². The van der Waals surface area contributed by atoms with Crippen LogP contribution in [0.15, 0.2) is 47.8 Å². The summed E-state index contributed by atoms with van der Waals surface area (Å²) >= 11 is 1.59. The molecular weight excluding hydrogens is 401 g/mol. The number of halogens is 1. The Morgan fingerprint density at radius 2 is 2.03 bits per heavy atom. The summed E-state index contributed by atoms with van der Waals surface area (Å²) in [5.41, 5.74) is 3.89. The molecule has 6 heteroatoms. The first kappa shape index (κ1) is 20.5. The summed E-state index contributed by atoms with van der Waals surface area (Å²) in [7, 11) is 0. The van der Waals surface area contributed by atoms with Gasteiger partial charge >= 0.3 is 5.97 Å². The van der Waals surface area contributed by atoms with Crippen LogP contribution in [-0.4, -0.2) is 16.1 Å². The molecule has 3 aromatic rings. The molecule has 1 heterocycles. The molecule has 1 aliphatic carbocycles. The minimum Gasteiger partial charge on any atom is -0.489 e. The van der Waals surface area contributed by atoms with E-state index in [1.54, 1.807) is 17.4 Å². The molecule has 1 atom stereocenters. The summed E-state index contributed by atoms with van der Waals surface area (Å²) in [5.74, 6) is 0.371. The molecule has 1 aliphatic rings. The van der Waals surface area contributed by atoms with Gasteiger partial charge in [-0.15, -0.1) is 11.3 Å². The third-order valence-electron chi connectivity index (χ3n) is 5.45. The molecule has 4 nitrogen and oxygen atoms in total. The molecular formula is C24H24FNO3S. The Morgan fingerprint density at radius 1 is 1.27 bits per heavy atom. The Bertz CT molecular complexity index is 1030. The number of hydrogen-bond donors (Lipinski definition) is 1. The van der Waals surface area contributed by atoms with E-state index in [1.165, 1.54) is 25.0 Å². The normalized spacial score (nSPS) is 14.5. The topological polar surface area (TPSA) is 59.4 Å². The van der Waals surface area contributed by atoms with Gasteiger partial charge in [0.25, 0.3) is 0 Å². The number of rotatable bonds is 9. The minimum atomic E-state index is -0.780. The van der Waals surface area contributed by atoms with Crippen LogP contribution in [0.25, 0.3) is 10.6 Å². The minimum absolute atomic E-state index is 0.154. The van der Waals surface area contributed by atoms with Crippen LogP contribution in [0, 0.1) is 5.82 Å². The maximum atomic E-state index is 13.9. The van der Waals surface area contributed by atoms with Gasteiger partial charge in [0, 0.05) is 28.8 Å². The lowest BCUT2D eigenvalue weighted by molar-refractivity contribution is -0.137. The molecule has 156 valence electrons. The number of ether oxygens (including phenoxy) is 1. The SMILES string of the molecule is CC(CCC(=O)O)c1ccc(OCc2cc(F)ccc2-c2nc(C3CC3)cs2)cc1. The number of carbonyl (C=O) groups is 1. The van der Waals surface area contributed by atoms with Gasteiger partial charge < -0.3 is 9.84 Å². The molecule has 0 saturated heterocycles. The van der Waals surface area contributed by atoms with Gasteiger partial charge in [-0.05, 0) is 61.1 Å². The standard InChI is InChI=1S/C24H24FNO3S/c1-15(2-11-23(27)28)16-5-8-20(9-6-16)29-13-18-12-19(25)7-10-21(18)24-26-22(14-30-24)17-3-4-17/h5-10,12,14-15,17H,2-4,11,13H2,1H3,(H,27,28). The van der Waals surface area contributed by atoms with Crippen molar-refractivity contribution in [2.45, 2.75) is 51.0 Å². The van der Waals surface area contributed by atoms with E-state index in [4.69, 9.17) is 14.8 Å². The van der Waals surface area contributed by atoms with Crippen LogP contribution in [-0.2, 0) is 11.4 Å². The van der Waals surface area contributed by atoms with Gasteiger partial charge in [-0.25, -0.2) is 9.37 Å². The van der Waals surface area contributed by atoms with Gasteiger partial charge in [0.1, 0.15) is 23.2 Å². The Kier molecular flexibility index (Phi) is 6.13. The lowest BCUT2D eigenvalue weighted by Gasteiger charge is -2.13. The highest BCUT2D eigenvalue weighted by atomic mass is 32.1. The number of carboxylic acid groups (broad SMARTS) is 1. The molecule has 1 N–H and O–H groups in total. The smallest absolute Gasteiger partial charge is 0.303 e. The first-order valence-corrected chi connectivity index (χ1v) is 11.1. The number of nitrogens with zero attached hydrogens (tertiary/aromatic N) is 1. The number of carboxylic acids is 1. The molecule has 4 rings (SSSR count). The fourth-order valence-corrected chi connectivity index (χ4v) is 4.39. The summed E-state index contributed by atoms with van der Waals surface area (Å²) in [4.78, 5) is 15.5. The summed E-state index contributed by atoms with van der Waals surface area (Å²) in [6.45, 7) is 2.26. The van der Waals surface area contributed by atoms with Gasteiger partial charge in [-0.1, -0.05) is 19.1 Å². The molecule has 30 heavy (non-hydrogen) atoms. The highest BCUT2D eigenvalue weighted by Crippen LogP contribution is 2.42. The number of benzene rings is 2. The molecule has 2 aromatic carbocycles. The zero-order valence-corrected chi connectivity index (χ0v) is 17.6. The maximum absolute atomic E-state index is 13.9. The largest absolute Gasteiger partial charge is 0.489 e. The van der Waals surface area contributed by atoms with Crippen LogP contribution in [0.1, 0.15) is 61.3 Å². The van der Waals surface area contributed by atoms with Crippen molar-refractivity contribution in [1.29, 1.82) is 0 Å². The third kappa shape index (κ3) is 5.05. The zero-order chi connectivity index (χ0) is 21.1. The third-order valence-corrected chi connectivity index (χ3v) is 6.34. The van der Waals surface area contributed by atoms with Crippen molar-refractivity contribution < 1.29 is 19.0 Å². The van der Waals surface area contributed by atoms with E-state index in [2.05, 4.69) is 5.38 Å². The van der Waals surface area contributed by atoms with E-state index in [9.17, 15) is 9.18 Å². The molecule has 0 radical (unpaired) electrons. The average Bonchev–Trinajstić information content (AvgIpc) is 3.48. The summed E-state index contributed by atoms with van der Waals surface area (Å²) < 4.78 is 19.8. The predicted molar refractivity (Wildman–Crippen MR) is 116 cm³/mol. The second-order valence-electron chi connectivity index (χ2n) is 7.84. The van der Waals surface area contributed by atoms with Crippen LogP contribution in [0.2, 0.25) is 0 Å². The van der Waals surface area contributed by atoms with Crippen LogP contribution in [0.5, 0.6) is 5.75 Å². The van der Waals surface area contributed by atoms with Crippen LogP contribution in [0.3, 0.4) is 0 Å². The average molecular weight is 426 g/mol. The molecule has 1 fully saturated rings. The fraction of sp³-hybridized carbons (Fsp3) is 0.333. The Balaban J connectivity index is 1.44. The lowest BCUT2D eigenvalue weighted by atomic mass is 9.96. The van der Waals surface area contributed by atoms with Gasteiger partial charge in [-0.3, -0.25) is 4.79 Å². The molecule has 1 unspecified atom stereocenters. The van der Waals surface area contributed by atoms with Crippen molar-refractivity contribution in [3.05, 3.63) is 70.5 Å². The van der Waals surface area contributed by atoms with E-state index < -0.39 is 5.97 Å². The van der Waals surface area contributed by atoms with E-state index in [-0.39, 0.29) is 24.8 Å². The quantitative estimate of drug-likeness (QED) is 0.432. The first-order chi connectivity index (χ1) is 14.5. The number of thiazole rings is 1. The van der Waals surface area contributed by atoms with E-state index >= 15 is 0 Å². The molecule has 0 spiro atoms. The van der Waals surface area contributed by atoms with Crippen molar-refractivity contribution >= 4 is 17.3 Å². The highest BCUT2D eigenvalue weighted by molar-refractivity contribution is 7.13. The monoisotopic (exact) mass is 425 g/mol. The lowest BCUT2D eigenvalue weighted by Crippen LogP contribution is -2.01. The van der Waals surface area contributed by atoms with Gasteiger partial charge in [0.15, 0.2) is 0 Å². The van der Waals surface area contributed by atoms with Crippen LogP contribution in [0.4, 0.5) is 4.39 Å². The summed E-state index contributed by atoms with van der Waals surface area (Å²) in [6, 6.07) is 12.4. The van der Waals surface area contributed by atoms with Crippen molar-refractivity contribution in [3.8, 4) is 16.3 Å². The molecule has 0 bridgehead atoms. The Labute approximate surface area is 179 Å². The van der Waals surface area contributed by atoms with Gasteiger partial charge in [0.2, 0.25) is 0 Å². The van der Waals surface area contributed by atoms with Gasteiger partial charge in [-0.2, -0.15) is 0 Å². The van der Waals surface area contributed by atoms with Crippen LogP contribution >= 0.6 is 11.3 Å². The fourth-order valence-electron chi connectivity index (χ4n) is 3.43. The number of hydrogen-bond acceptors (Lipinski definition) is 4. The van der Waals surface area contributed by atoms with Crippen molar-refractivity contribution in [1.82, 2.24) is 4.98 Å². The second-order valence-corrected chi connectivity index (χ2v) is 8.70. The maximum Gasteiger partial charge on any atom is 0.303 e. The van der Waals surface area contributed by atoms with Gasteiger partial charge in [0.05, 0.1) is 5.69 Å². The number of aliphatic carboxylic acids is 1. The predicted octanol–water partition coefficient (Wildman–Crippen LogP) is 6.37.